The van der Waals surface area contributed by atoms with Gasteiger partial charge in [0.2, 0.25) is 5.91 Å². The SMILES string of the molecule is C[C@@H](NC(=O)Cc1csc2nccn12)C(=O)O. The maximum atomic E-state index is 11.6. The number of nitrogens with zero attached hydrogens (tertiary/aromatic N) is 2. The molecule has 2 rings (SSSR count). The molecule has 0 unspecified atom stereocenters. The quantitative estimate of drug-likeness (QED) is 0.832. The minimum absolute atomic E-state index is 0.147. The maximum Gasteiger partial charge on any atom is 0.325 e. The Hall–Kier alpha value is -1.89. The van der Waals surface area contributed by atoms with Crippen LogP contribution in [0.2, 0.25) is 0 Å². The van der Waals surface area contributed by atoms with E-state index in [0.29, 0.717) is 0 Å². The molecule has 0 aromatic carbocycles. The van der Waals surface area contributed by atoms with E-state index in [1.807, 2.05) is 9.78 Å². The molecule has 0 aliphatic carbocycles. The Bertz CT molecular complexity index is 560. The Morgan fingerprint density at radius 3 is 3.12 bits per heavy atom. The van der Waals surface area contributed by atoms with Gasteiger partial charge in [0.15, 0.2) is 4.96 Å². The van der Waals surface area contributed by atoms with E-state index in [-0.39, 0.29) is 12.3 Å². The number of hydrogen-bond acceptors (Lipinski definition) is 4. The van der Waals surface area contributed by atoms with Crippen LogP contribution in [0.5, 0.6) is 0 Å². The third-order valence-electron chi connectivity index (χ3n) is 2.31. The number of amides is 1. The minimum Gasteiger partial charge on any atom is -0.480 e. The van der Waals surface area contributed by atoms with Crippen molar-refractivity contribution in [1.82, 2.24) is 14.7 Å². The largest absolute Gasteiger partial charge is 0.480 e. The number of nitrogens with one attached hydrogen (secondary N) is 1. The average molecular weight is 253 g/mol. The molecule has 2 heterocycles. The van der Waals surface area contributed by atoms with Crippen LogP contribution in [0.3, 0.4) is 0 Å². The van der Waals surface area contributed by atoms with Gasteiger partial charge in [-0.2, -0.15) is 0 Å². The van der Waals surface area contributed by atoms with Gasteiger partial charge in [-0.1, -0.05) is 0 Å². The molecular formula is C10H11N3O3S. The molecule has 0 aliphatic heterocycles. The van der Waals surface area contributed by atoms with Crippen molar-refractivity contribution in [3.8, 4) is 0 Å². The van der Waals surface area contributed by atoms with E-state index >= 15 is 0 Å². The summed E-state index contributed by atoms with van der Waals surface area (Å²) < 4.78 is 1.82. The van der Waals surface area contributed by atoms with E-state index in [4.69, 9.17) is 5.11 Å². The smallest absolute Gasteiger partial charge is 0.325 e. The van der Waals surface area contributed by atoms with Gasteiger partial charge < -0.3 is 10.4 Å². The summed E-state index contributed by atoms with van der Waals surface area (Å²) >= 11 is 1.44. The molecule has 0 saturated carbocycles. The fourth-order valence-corrected chi connectivity index (χ4v) is 2.27. The lowest BCUT2D eigenvalue weighted by molar-refractivity contribution is -0.141. The minimum atomic E-state index is -1.04. The monoisotopic (exact) mass is 253 g/mol. The number of carbonyl (C=O) groups is 2. The third kappa shape index (κ3) is 2.44. The number of aliphatic carboxylic acids is 1. The van der Waals surface area contributed by atoms with Crippen LogP contribution >= 0.6 is 11.3 Å². The number of carboxylic acid groups (broad SMARTS) is 1. The van der Waals surface area contributed by atoms with Crippen LogP contribution in [-0.2, 0) is 16.0 Å². The zero-order valence-corrected chi connectivity index (χ0v) is 9.90. The fourth-order valence-electron chi connectivity index (χ4n) is 1.42. The van der Waals surface area contributed by atoms with Crippen molar-refractivity contribution in [2.24, 2.45) is 0 Å². The van der Waals surface area contributed by atoms with Crippen LogP contribution in [0.4, 0.5) is 0 Å². The second kappa shape index (κ2) is 4.54. The lowest BCUT2D eigenvalue weighted by atomic mass is 10.3. The summed E-state index contributed by atoms with van der Waals surface area (Å²) in [6.07, 6.45) is 3.58. The molecule has 2 aromatic heterocycles. The molecular weight excluding hydrogens is 242 g/mol. The molecule has 7 heteroatoms. The van der Waals surface area contributed by atoms with E-state index in [1.165, 1.54) is 18.3 Å². The standard InChI is InChI=1S/C10H11N3O3S/c1-6(9(15)16)12-8(14)4-7-5-17-10-11-2-3-13(7)10/h2-3,5-6H,4H2,1H3,(H,12,14)(H,15,16)/t6-/m1/s1. The van der Waals surface area contributed by atoms with E-state index in [0.717, 1.165) is 10.7 Å². The van der Waals surface area contributed by atoms with Gasteiger partial charge in [-0.25, -0.2) is 4.98 Å². The molecule has 0 fully saturated rings. The van der Waals surface area contributed by atoms with Crippen molar-refractivity contribution >= 4 is 28.2 Å². The molecule has 1 amide bonds. The number of fused-ring (bicyclic) bond motifs is 1. The van der Waals surface area contributed by atoms with Crippen molar-refractivity contribution in [2.45, 2.75) is 19.4 Å². The first kappa shape index (κ1) is 11.6. The highest BCUT2D eigenvalue weighted by Crippen LogP contribution is 2.14. The zero-order valence-electron chi connectivity index (χ0n) is 9.08. The lowest BCUT2D eigenvalue weighted by Crippen LogP contribution is -2.39. The molecule has 1 atom stereocenters. The van der Waals surface area contributed by atoms with Crippen LogP contribution < -0.4 is 5.32 Å². The Morgan fingerprint density at radius 2 is 2.41 bits per heavy atom. The Morgan fingerprint density at radius 1 is 1.65 bits per heavy atom. The summed E-state index contributed by atoms with van der Waals surface area (Å²) in [7, 11) is 0. The second-order valence-corrected chi connectivity index (χ2v) is 4.45. The van der Waals surface area contributed by atoms with Gasteiger partial charge in [-0.15, -0.1) is 11.3 Å². The summed E-state index contributed by atoms with van der Waals surface area (Å²) in [6.45, 7) is 1.43. The first-order valence-electron chi connectivity index (χ1n) is 4.99. The Balaban J connectivity index is 2.04. The number of aromatic nitrogens is 2. The number of imidazole rings is 1. The summed E-state index contributed by atoms with van der Waals surface area (Å²) in [5.74, 6) is -1.36. The highest BCUT2D eigenvalue weighted by molar-refractivity contribution is 7.15. The zero-order chi connectivity index (χ0) is 12.4. The Kier molecular flexibility index (Phi) is 3.10. The molecule has 2 N–H and O–H groups in total. The molecule has 0 saturated heterocycles. The molecule has 6 nitrogen and oxygen atoms in total. The summed E-state index contributed by atoms with van der Waals surface area (Å²) in [5, 5.41) is 12.9. The third-order valence-corrected chi connectivity index (χ3v) is 3.21. The van der Waals surface area contributed by atoms with Crippen molar-refractivity contribution in [3.63, 3.8) is 0 Å². The number of carbonyl (C=O) groups excluding carboxylic acids is 1. The molecule has 2 aromatic rings. The molecule has 90 valence electrons. The normalized spacial score (nSPS) is 12.5. The summed E-state index contributed by atoms with van der Waals surface area (Å²) in [6, 6.07) is -0.876. The van der Waals surface area contributed by atoms with Gasteiger partial charge in [-0.05, 0) is 6.92 Å². The van der Waals surface area contributed by atoms with Crippen molar-refractivity contribution < 1.29 is 14.7 Å². The predicted molar refractivity (Wildman–Crippen MR) is 62.0 cm³/mol. The molecule has 0 radical (unpaired) electrons. The molecule has 17 heavy (non-hydrogen) atoms. The van der Waals surface area contributed by atoms with Gasteiger partial charge in [0.25, 0.3) is 0 Å². The first-order valence-corrected chi connectivity index (χ1v) is 5.87. The number of thiazole rings is 1. The predicted octanol–water partition coefficient (Wildman–Crippen LogP) is 0.528. The van der Waals surface area contributed by atoms with E-state index in [2.05, 4.69) is 10.3 Å². The van der Waals surface area contributed by atoms with E-state index in [1.54, 1.807) is 12.4 Å². The van der Waals surface area contributed by atoms with Gasteiger partial charge >= 0.3 is 5.97 Å². The summed E-state index contributed by atoms with van der Waals surface area (Å²) in [5.41, 5.74) is 0.803. The van der Waals surface area contributed by atoms with Crippen LogP contribution in [0.25, 0.3) is 4.96 Å². The highest BCUT2D eigenvalue weighted by atomic mass is 32.1. The maximum absolute atomic E-state index is 11.6. The average Bonchev–Trinajstić information content (AvgIpc) is 2.82. The Labute approximate surface area is 101 Å². The topological polar surface area (TPSA) is 83.7 Å². The highest BCUT2D eigenvalue weighted by Gasteiger charge is 2.15. The van der Waals surface area contributed by atoms with Gasteiger partial charge in [0.05, 0.1) is 6.42 Å². The van der Waals surface area contributed by atoms with Gasteiger partial charge in [0, 0.05) is 23.5 Å². The van der Waals surface area contributed by atoms with Gasteiger partial charge in [0.1, 0.15) is 6.04 Å². The van der Waals surface area contributed by atoms with Crippen molar-refractivity contribution in [1.29, 1.82) is 0 Å². The van der Waals surface area contributed by atoms with Crippen LogP contribution in [-0.4, -0.2) is 32.4 Å². The van der Waals surface area contributed by atoms with Crippen LogP contribution in [0.1, 0.15) is 12.6 Å². The fraction of sp³-hybridized carbons (Fsp3) is 0.300. The van der Waals surface area contributed by atoms with E-state index in [9.17, 15) is 9.59 Å². The second-order valence-electron chi connectivity index (χ2n) is 3.61. The molecule has 0 aliphatic rings. The van der Waals surface area contributed by atoms with Crippen LogP contribution in [0, 0.1) is 0 Å². The van der Waals surface area contributed by atoms with Crippen LogP contribution in [0.15, 0.2) is 17.8 Å². The van der Waals surface area contributed by atoms with Crippen molar-refractivity contribution in [2.75, 3.05) is 0 Å². The number of rotatable bonds is 4. The molecule has 0 spiro atoms. The van der Waals surface area contributed by atoms with Gasteiger partial charge in [-0.3, -0.25) is 14.0 Å². The lowest BCUT2D eigenvalue weighted by Gasteiger charge is -2.08. The number of hydrogen-bond donors (Lipinski definition) is 2. The van der Waals surface area contributed by atoms with Crippen molar-refractivity contribution in [3.05, 3.63) is 23.5 Å². The number of carboxylic acids is 1. The van der Waals surface area contributed by atoms with E-state index < -0.39 is 12.0 Å². The first-order chi connectivity index (χ1) is 8.08. The summed E-state index contributed by atoms with van der Waals surface area (Å²) in [4.78, 5) is 27.1. The molecule has 0 bridgehead atoms.